The second kappa shape index (κ2) is 4.70. The summed E-state index contributed by atoms with van der Waals surface area (Å²) in [5.74, 6) is -5.05. The van der Waals surface area contributed by atoms with Crippen molar-refractivity contribution in [3.63, 3.8) is 0 Å². The summed E-state index contributed by atoms with van der Waals surface area (Å²) >= 11 is 0. The van der Waals surface area contributed by atoms with Gasteiger partial charge in [0.1, 0.15) is 0 Å². The van der Waals surface area contributed by atoms with Gasteiger partial charge in [0.05, 0.1) is 0 Å². The smallest absolute Gasteiger partial charge is 0.371 e. The van der Waals surface area contributed by atoms with E-state index in [2.05, 4.69) is 0 Å². The van der Waals surface area contributed by atoms with Crippen LogP contribution in [-0.4, -0.2) is 33.0 Å². The third-order valence-corrected chi connectivity index (χ3v) is 0.888. The maximum absolute atomic E-state index is 10.6. The number of aliphatic carboxylic acids is 2. The molecule has 3 N–H and O–H groups in total. The number of carboxylic acid groups (broad SMARTS) is 2. The molecule has 0 heterocycles. The molecule has 0 atom stereocenters. The van der Waals surface area contributed by atoms with Gasteiger partial charge < -0.3 is 15.3 Å². The van der Waals surface area contributed by atoms with Gasteiger partial charge in [-0.3, -0.25) is 4.79 Å². The maximum Gasteiger partial charge on any atom is 0.371 e. The van der Waals surface area contributed by atoms with Crippen molar-refractivity contribution in [2.45, 2.75) is 0 Å². The van der Waals surface area contributed by atoms with Gasteiger partial charge in [-0.25, -0.2) is 9.59 Å². The Kier molecular flexibility index (Phi) is 3.94. The van der Waals surface area contributed by atoms with Gasteiger partial charge in [0.15, 0.2) is 5.78 Å². The van der Waals surface area contributed by atoms with Crippen LogP contribution in [0.15, 0.2) is 24.0 Å². The third-order valence-electron chi connectivity index (χ3n) is 0.888. The minimum Gasteiger partial charge on any atom is -0.502 e. The molecule has 13 heavy (non-hydrogen) atoms. The zero-order chi connectivity index (χ0) is 10.4. The molecule has 0 aliphatic carbocycles. The molecule has 0 spiro atoms. The van der Waals surface area contributed by atoms with E-state index in [9.17, 15) is 14.4 Å². The van der Waals surface area contributed by atoms with Crippen LogP contribution in [0.1, 0.15) is 0 Å². The topological polar surface area (TPSA) is 112 Å². The first-order valence-electron chi connectivity index (χ1n) is 3.02. The minimum absolute atomic E-state index is 0.405. The van der Waals surface area contributed by atoms with Gasteiger partial charge >= 0.3 is 11.9 Å². The van der Waals surface area contributed by atoms with Gasteiger partial charge in [0, 0.05) is 12.2 Å². The lowest BCUT2D eigenvalue weighted by Crippen LogP contribution is -2.02. The summed E-state index contributed by atoms with van der Waals surface area (Å²) in [5, 5.41) is 24.7. The zero-order valence-electron chi connectivity index (χ0n) is 6.30. The number of aliphatic hydroxyl groups is 1. The van der Waals surface area contributed by atoms with E-state index in [0.717, 1.165) is 0 Å². The Morgan fingerprint density at radius 3 is 1.85 bits per heavy atom. The normalized spacial score (nSPS) is 11.5. The predicted octanol–water partition coefficient (Wildman–Crippen LogP) is -0.277. The van der Waals surface area contributed by atoms with E-state index in [0.29, 0.717) is 18.2 Å². The molecule has 0 saturated heterocycles. The monoisotopic (exact) mass is 186 g/mol. The average Bonchev–Trinajstić information content (AvgIpc) is 2.00. The van der Waals surface area contributed by atoms with E-state index in [-0.39, 0.29) is 0 Å². The molecular weight excluding hydrogens is 180 g/mol. The highest BCUT2D eigenvalue weighted by Gasteiger charge is 2.05. The molecule has 6 nitrogen and oxygen atoms in total. The van der Waals surface area contributed by atoms with Crippen LogP contribution < -0.4 is 0 Å². The summed E-state index contributed by atoms with van der Waals surface area (Å²) < 4.78 is 0. The molecule has 6 heteroatoms. The highest BCUT2D eigenvalue weighted by atomic mass is 16.4. The Bertz CT molecular complexity index is 298. The summed E-state index contributed by atoms with van der Waals surface area (Å²) in [6.07, 6.45) is 1.57. The molecule has 0 radical (unpaired) electrons. The molecule has 0 rings (SSSR count). The van der Waals surface area contributed by atoms with Crippen molar-refractivity contribution >= 4 is 17.7 Å². The summed E-state index contributed by atoms with van der Waals surface area (Å²) in [5.41, 5.74) is 0. The standard InChI is InChI=1S/C7H6O6/c8-4(1-2-6(10)11)3-5(9)7(12)13/h1-3,9H,(H,10,11)(H,12,13)/b2-1+,5-3?. The lowest BCUT2D eigenvalue weighted by molar-refractivity contribution is -0.135. The van der Waals surface area contributed by atoms with Crippen LogP contribution in [0.2, 0.25) is 0 Å². The molecule has 0 bridgehead atoms. The molecule has 0 fully saturated rings. The van der Waals surface area contributed by atoms with Crippen LogP contribution in [-0.2, 0) is 14.4 Å². The van der Waals surface area contributed by atoms with Crippen molar-refractivity contribution in [2.75, 3.05) is 0 Å². The SMILES string of the molecule is O=C(O)/C=C/C(=O)C=C(O)C(=O)O. The van der Waals surface area contributed by atoms with E-state index in [1.807, 2.05) is 0 Å². The summed E-state index contributed by atoms with van der Waals surface area (Å²) in [7, 11) is 0. The Morgan fingerprint density at radius 2 is 1.46 bits per heavy atom. The van der Waals surface area contributed by atoms with Crippen LogP contribution in [0.3, 0.4) is 0 Å². The molecule has 0 aromatic heterocycles. The van der Waals surface area contributed by atoms with Crippen molar-refractivity contribution in [1.82, 2.24) is 0 Å². The Balaban J connectivity index is 4.39. The summed E-state index contributed by atoms with van der Waals surface area (Å²) in [6.45, 7) is 0. The first kappa shape index (κ1) is 10.9. The van der Waals surface area contributed by atoms with Gasteiger partial charge in [-0.2, -0.15) is 0 Å². The fourth-order valence-corrected chi connectivity index (χ4v) is 0.398. The minimum atomic E-state index is -1.66. The van der Waals surface area contributed by atoms with Gasteiger partial charge in [0.2, 0.25) is 5.76 Å². The van der Waals surface area contributed by atoms with Crippen LogP contribution in [0, 0.1) is 0 Å². The molecule has 0 aromatic carbocycles. The highest BCUT2D eigenvalue weighted by molar-refractivity contribution is 6.05. The first-order valence-corrected chi connectivity index (χ1v) is 3.02. The van der Waals surface area contributed by atoms with E-state index in [1.54, 1.807) is 0 Å². The number of carbonyl (C=O) groups excluding carboxylic acids is 1. The van der Waals surface area contributed by atoms with Crippen LogP contribution in [0.4, 0.5) is 0 Å². The second-order valence-electron chi connectivity index (χ2n) is 1.91. The molecule has 0 aliphatic rings. The molecule has 0 unspecified atom stereocenters. The maximum atomic E-state index is 10.6. The van der Waals surface area contributed by atoms with Gasteiger partial charge in [-0.1, -0.05) is 0 Å². The van der Waals surface area contributed by atoms with Crippen LogP contribution in [0.25, 0.3) is 0 Å². The van der Waals surface area contributed by atoms with E-state index in [4.69, 9.17) is 15.3 Å². The molecule has 0 saturated carbocycles. The van der Waals surface area contributed by atoms with Crippen molar-refractivity contribution in [1.29, 1.82) is 0 Å². The van der Waals surface area contributed by atoms with E-state index < -0.39 is 23.5 Å². The number of ketones is 1. The van der Waals surface area contributed by atoms with Crippen molar-refractivity contribution < 1.29 is 29.7 Å². The molecule has 0 aliphatic heterocycles. The largest absolute Gasteiger partial charge is 0.502 e. The Morgan fingerprint density at radius 1 is 0.923 bits per heavy atom. The van der Waals surface area contributed by atoms with Gasteiger partial charge in [-0.05, 0) is 6.08 Å². The first-order chi connectivity index (χ1) is 5.93. The number of hydrogen-bond donors (Lipinski definition) is 3. The summed E-state index contributed by atoms with van der Waals surface area (Å²) in [6, 6.07) is 0. The fraction of sp³-hybridized carbons (Fsp3) is 0. The van der Waals surface area contributed by atoms with Crippen molar-refractivity contribution in [3.05, 3.63) is 24.0 Å². The lowest BCUT2D eigenvalue weighted by atomic mass is 10.3. The quantitative estimate of drug-likeness (QED) is 0.411. The van der Waals surface area contributed by atoms with Crippen molar-refractivity contribution in [2.24, 2.45) is 0 Å². The third kappa shape index (κ3) is 5.19. The van der Waals surface area contributed by atoms with Crippen LogP contribution in [0.5, 0.6) is 0 Å². The molecule has 0 amide bonds. The highest BCUT2D eigenvalue weighted by Crippen LogP contribution is 1.90. The second-order valence-corrected chi connectivity index (χ2v) is 1.91. The van der Waals surface area contributed by atoms with Gasteiger partial charge in [0.25, 0.3) is 0 Å². The predicted molar refractivity (Wildman–Crippen MR) is 40.1 cm³/mol. The van der Waals surface area contributed by atoms with E-state index >= 15 is 0 Å². The molecule has 70 valence electrons. The lowest BCUT2D eigenvalue weighted by Gasteiger charge is -1.87. The van der Waals surface area contributed by atoms with Crippen LogP contribution >= 0.6 is 0 Å². The molecular formula is C7H6O6. The fourth-order valence-electron chi connectivity index (χ4n) is 0.398. The average molecular weight is 186 g/mol. The van der Waals surface area contributed by atoms with Gasteiger partial charge in [-0.15, -0.1) is 0 Å². The number of allylic oxidation sites excluding steroid dienone is 2. The number of carboxylic acids is 2. The zero-order valence-corrected chi connectivity index (χ0v) is 6.30. The number of rotatable bonds is 4. The Hall–Kier alpha value is -2.11. The Labute approximate surface area is 72.4 Å². The summed E-state index contributed by atoms with van der Waals surface area (Å²) in [4.78, 5) is 30.5. The number of hydrogen-bond acceptors (Lipinski definition) is 4. The number of aliphatic hydroxyl groups excluding tert-OH is 1. The molecule has 0 aromatic rings. The van der Waals surface area contributed by atoms with E-state index in [1.165, 1.54) is 0 Å². The number of carbonyl (C=O) groups is 3. The van der Waals surface area contributed by atoms with Crippen molar-refractivity contribution in [3.8, 4) is 0 Å².